The average molecular weight is 152 g/mol. The molecule has 1 aliphatic carbocycles. The Hall–Kier alpha value is -0.260. The molecule has 11 heavy (non-hydrogen) atoms. The zero-order chi connectivity index (χ0) is 8.65. The van der Waals surface area contributed by atoms with E-state index in [0.29, 0.717) is 5.41 Å². The van der Waals surface area contributed by atoms with Gasteiger partial charge >= 0.3 is 0 Å². The molecule has 0 aromatic rings. The van der Waals surface area contributed by atoms with Gasteiger partial charge in [-0.3, -0.25) is 0 Å². The maximum Gasteiger partial charge on any atom is -0.00251 e. The molecule has 0 aromatic heterocycles. The Kier molecular flexibility index (Phi) is 2.13. The topological polar surface area (TPSA) is 0 Å². The normalized spacial score (nSPS) is 42.6. The van der Waals surface area contributed by atoms with Gasteiger partial charge < -0.3 is 0 Å². The standard InChI is InChI=1S/C11H20/c1-6-8(3)11(5)9(4)10(11)7-2/h7-9H,6H2,1-5H3. The van der Waals surface area contributed by atoms with Crippen molar-refractivity contribution >= 4 is 0 Å². The Morgan fingerprint density at radius 3 is 2.45 bits per heavy atom. The van der Waals surface area contributed by atoms with Crippen LogP contribution in [0.4, 0.5) is 0 Å². The van der Waals surface area contributed by atoms with Crippen LogP contribution in [0.1, 0.15) is 41.0 Å². The van der Waals surface area contributed by atoms with Crippen molar-refractivity contribution in [3.8, 4) is 0 Å². The predicted octanol–water partition coefficient (Wildman–Crippen LogP) is 3.63. The third-order valence-corrected chi connectivity index (χ3v) is 3.85. The summed E-state index contributed by atoms with van der Waals surface area (Å²) in [4.78, 5) is 0. The summed E-state index contributed by atoms with van der Waals surface area (Å²) in [6, 6.07) is 0. The van der Waals surface area contributed by atoms with E-state index in [2.05, 4.69) is 40.7 Å². The summed E-state index contributed by atoms with van der Waals surface area (Å²) in [5, 5.41) is 0. The van der Waals surface area contributed by atoms with E-state index >= 15 is 0 Å². The van der Waals surface area contributed by atoms with Gasteiger partial charge in [0.15, 0.2) is 0 Å². The molecule has 1 rings (SSSR count). The van der Waals surface area contributed by atoms with Gasteiger partial charge in [0.2, 0.25) is 0 Å². The molecule has 0 saturated heterocycles. The molecule has 0 aliphatic heterocycles. The van der Waals surface area contributed by atoms with Gasteiger partial charge in [-0.25, -0.2) is 0 Å². The van der Waals surface area contributed by atoms with Gasteiger partial charge in [-0.2, -0.15) is 0 Å². The van der Waals surface area contributed by atoms with Crippen molar-refractivity contribution in [2.45, 2.75) is 41.0 Å². The molecule has 3 atom stereocenters. The molecule has 64 valence electrons. The molecule has 0 heteroatoms. The highest BCUT2D eigenvalue weighted by atomic mass is 14.6. The molecule has 0 nitrogen and oxygen atoms in total. The van der Waals surface area contributed by atoms with Crippen LogP contribution in [0.5, 0.6) is 0 Å². The molecule has 0 radical (unpaired) electrons. The minimum Gasteiger partial charge on any atom is -0.0876 e. The molecule has 1 saturated carbocycles. The van der Waals surface area contributed by atoms with E-state index in [0.717, 1.165) is 11.8 Å². The van der Waals surface area contributed by atoms with Crippen LogP contribution in [-0.2, 0) is 0 Å². The minimum absolute atomic E-state index is 0.545. The van der Waals surface area contributed by atoms with Crippen molar-refractivity contribution in [1.29, 1.82) is 0 Å². The molecule has 3 unspecified atom stereocenters. The summed E-state index contributed by atoms with van der Waals surface area (Å²) < 4.78 is 0. The second-order valence-electron chi connectivity index (χ2n) is 4.06. The zero-order valence-electron chi connectivity index (χ0n) is 8.44. The lowest BCUT2D eigenvalue weighted by molar-refractivity contribution is 0.340. The third-order valence-electron chi connectivity index (χ3n) is 3.85. The summed E-state index contributed by atoms with van der Waals surface area (Å²) in [6.45, 7) is 11.6. The Morgan fingerprint density at radius 1 is 1.64 bits per heavy atom. The fourth-order valence-corrected chi connectivity index (χ4v) is 2.38. The van der Waals surface area contributed by atoms with Crippen molar-refractivity contribution in [3.05, 3.63) is 11.6 Å². The first-order chi connectivity index (χ1) is 5.08. The van der Waals surface area contributed by atoms with Gasteiger partial charge in [-0.05, 0) is 24.2 Å². The van der Waals surface area contributed by atoms with Crippen molar-refractivity contribution in [1.82, 2.24) is 0 Å². The maximum absolute atomic E-state index is 2.40. The first-order valence-electron chi connectivity index (χ1n) is 4.75. The Bertz CT molecular complexity index is 178. The minimum atomic E-state index is 0.545. The fourth-order valence-electron chi connectivity index (χ4n) is 2.38. The van der Waals surface area contributed by atoms with E-state index in [4.69, 9.17) is 0 Å². The van der Waals surface area contributed by atoms with Gasteiger partial charge in [-0.15, -0.1) is 0 Å². The van der Waals surface area contributed by atoms with Gasteiger partial charge in [0.05, 0.1) is 0 Å². The van der Waals surface area contributed by atoms with Crippen LogP contribution in [0.25, 0.3) is 0 Å². The molecule has 1 fully saturated rings. The highest BCUT2D eigenvalue weighted by molar-refractivity contribution is 5.36. The van der Waals surface area contributed by atoms with Gasteiger partial charge in [0.25, 0.3) is 0 Å². The zero-order valence-corrected chi connectivity index (χ0v) is 8.44. The summed E-state index contributed by atoms with van der Waals surface area (Å²) in [5.74, 6) is 1.69. The van der Waals surface area contributed by atoms with Gasteiger partial charge in [0.1, 0.15) is 0 Å². The molecule has 0 N–H and O–H groups in total. The van der Waals surface area contributed by atoms with E-state index in [1.54, 1.807) is 5.57 Å². The SMILES string of the molecule is CC=C1C(C)C1(C)C(C)CC. The first kappa shape index (κ1) is 8.83. The molecule has 0 heterocycles. The maximum atomic E-state index is 2.40. The summed E-state index contributed by atoms with van der Waals surface area (Å²) >= 11 is 0. The van der Waals surface area contributed by atoms with Crippen LogP contribution in [0, 0.1) is 17.3 Å². The fraction of sp³-hybridized carbons (Fsp3) is 0.818. The highest BCUT2D eigenvalue weighted by Crippen LogP contribution is 2.62. The largest absolute Gasteiger partial charge is 0.0876 e. The van der Waals surface area contributed by atoms with Crippen LogP contribution < -0.4 is 0 Å². The Balaban J connectivity index is 2.73. The van der Waals surface area contributed by atoms with E-state index in [-0.39, 0.29) is 0 Å². The van der Waals surface area contributed by atoms with Crippen molar-refractivity contribution in [3.63, 3.8) is 0 Å². The monoisotopic (exact) mass is 152 g/mol. The number of hydrogen-bond donors (Lipinski definition) is 0. The average Bonchev–Trinajstić information content (AvgIpc) is 2.54. The number of hydrogen-bond acceptors (Lipinski definition) is 0. The van der Waals surface area contributed by atoms with Crippen LogP contribution in [0.2, 0.25) is 0 Å². The molecule has 0 aromatic carbocycles. The predicted molar refractivity (Wildman–Crippen MR) is 50.5 cm³/mol. The lowest BCUT2D eigenvalue weighted by Crippen LogP contribution is -2.09. The summed E-state index contributed by atoms with van der Waals surface area (Å²) in [7, 11) is 0. The molecule has 0 bridgehead atoms. The van der Waals surface area contributed by atoms with E-state index < -0.39 is 0 Å². The number of rotatable bonds is 2. The Morgan fingerprint density at radius 2 is 2.18 bits per heavy atom. The van der Waals surface area contributed by atoms with Crippen LogP contribution in [0.15, 0.2) is 11.6 Å². The van der Waals surface area contributed by atoms with Gasteiger partial charge in [-0.1, -0.05) is 45.8 Å². The molecule has 1 aliphatic rings. The van der Waals surface area contributed by atoms with Crippen molar-refractivity contribution in [2.24, 2.45) is 17.3 Å². The van der Waals surface area contributed by atoms with Gasteiger partial charge in [0, 0.05) is 0 Å². The molecule has 0 spiro atoms. The van der Waals surface area contributed by atoms with Crippen LogP contribution >= 0.6 is 0 Å². The lowest BCUT2D eigenvalue weighted by Gasteiger charge is -2.16. The van der Waals surface area contributed by atoms with Crippen LogP contribution in [0.3, 0.4) is 0 Å². The molecule has 0 amide bonds. The van der Waals surface area contributed by atoms with Crippen molar-refractivity contribution in [2.75, 3.05) is 0 Å². The highest BCUT2D eigenvalue weighted by Gasteiger charge is 2.54. The quantitative estimate of drug-likeness (QED) is 0.530. The second-order valence-corrected chi connectivity index (χ2v) is 4.06. The summed E-state index contributed by atoms with van der Waals surface area (Å²) in [6.07, 6.45) is 3.61. The lowest BCUT2D eigenvalue weighted by atomic mass is 9.88. The Labute approximate surface area is 70.7 Å². The smallest absolute Gasteiger partial charge is 0.00251 e. The molecular weight excluding hydrogens is 132 g/mol. The van der Waals surface area contributed by atoms with E-state index in [1.807, 2.05) is 0 Å². The van der Waals surface area contributed by atoms with E-state index in [9.17, 15) is 0 Å². The number of allylic oxidation sites excluding steroid dienone is 2. The second kappa shape index (κ2) is 2.66. The van der Waals surface area contributed by atoms with Crippen molar-refractivity contribution < 1.29 is 0 Å². The first-order valence-corrected chi connectivity index (χ1v) is 4.75. The molecular formula is C11H20. The van der Waals surface area contributed by atoms with Crippen LogP contribution in [-0.4, -0.2) is 0 Å². The third kappa shape index (κ3) is 1.04. The van der Waals surface area contributed by atoms with E-state index in [1.165, 1.54) is 6.42 Å². The summed E-state index contributed by atoms with van der Waals surface area (Å²) in [5.41, 5.74) is 2.22.